The SMILES string of the molecule is CCCNC(=O)[C@H]1CN(C(=O)CNC(=O)c2ccco2)c2ccccc2O1. The first-order valence-corrected chi connectivity index (χ1v) is 8.75. The van der Waals surface area contributed by atoms with Crippen molar-refractivity contribution < 1.29 is 23.5 Å². The molecule has 1 aromatic carbocycles. The van der Waals surface area contributed by atoms with Gasteiger partial charge in [-0.1, -0.05) is 19.1 Å². The molecule has 0 saturated heterocycles. The van der Waals surface area contributed by atoms with E-state index < -0.39 is 12.0 Å². The van der Waals surface area contributed by atoms with Crippen molar-refractivity contribution in [1.29, 1.82) is 0 Å². The Morgan fingerprint density at radius 3 is 2.70 bits per heavy atom. The molecule has 2 N–H and O–H groups in total. The Morgan fingerprint density at radius 1 is 1.15 bits per heavy atom. The smallest absolute Gasteiger partial charge is 0.287 e. The number of carbonyl (C=O) groups excluding carboxylic acids is 3. The summed E-state index contributed by atoms with van der Waals surface area (Å²) < 4.78 is 10.8. The molecule has 8 heteroatoms. The Labute approximate surface area is 156 Å². The van der Waals surface area contributed by atoms with Crippen LogP contribution in [0.5, 0.6) is 5.75 Å². The summed E-state index contributed by atoms with van der Waals surface area (Å²) in [6.45, 7) is 2.33. The molecule has 27 heavy (non-hydrogen) atoms. The molecule has 1 atom stereocenters. The maximum Gasteiger partial charge on any atom is 0.287 e. The zero-order valence-electron chi connectivity index (χ0n) is 14.9. The van der Waals surface area contributed by atoms with Gasteiger partial charge in [0, 0.05) is 6.54 Å². The van der Waals surface area contributed by atoms with E-state index in [-0.39, 0.29) is 30.7 Å². The Morgan fingerprint density at radius 2 is 1.96 bits per heavy atom. The van der Waals surface area contributed by atoms with E-state index in [9.17, 15) is 14.4 Å². The van der Waals surface area contributed by atoms with Crippen molar-refractivity contribution in [3.8, 4) is 5.75 Å². The van der Waals surface area contributed by atoms with Crippen LogP contribution in [0.1, 0.15) is 23.9 Å². The fourth-order valence-electron chi connectivity index (χ4n) is 2.72. The molecule has 1 aromatic heterocycles. The highest BCUT2D eigenvalue weighted by Crippen LogP contribution is 2.33. The van der Waals surface area contributed by atoms with E-state index in [4.69, 9.17) is 9.15 Å². The minimum absolute atomic E-state index is 0.0714. The van der Waals surface area contributed by atoms with Gasteiger partial charge in [-0.25, -0.2) is 0 Å². The maximum atomic E-state index is 12.7. The van der Waals surface area contributed by atoms with Gasteiger partial charge < -0.3 is 24.7 Å². The summed E-state index contributed by atoms with van der Waals surface area (Å²) in [6, 6.07) is 10.1. The third kappa shape index (κ3) is 4.28. The van der Waals surface area contributed by atoms with Crippen LogP contribution in [0.15, 0.2) is 47.1 Å². The molecule has 0 aliphatic carbocycles. The van der Waals surface area contributed by atoms with E-state index >= 15 is 0 Å². The number of rotatable bonds is 6. The number of anilines is 1. The van der Waals surface area contributed by atoms with Crippen LogP contribution in [0.2, 0.25) is 0 Å². The van der Waals surface area contributed by atoms with Crippen molar-refractivity contribution in [3.63, 3.8) is 0 Å². The van der Waals surface area contributed by atoms with Crippen LogP contribution in [0.25, 0.3) is 0 Å². The highest BCUT2D eigenvalue weighted by Gasteiger charge is 2.33. The molecule has 0 radical (unpaired) electrons. The van der Waals surface area contributed by atoms with Crippen LogP contribution in [-0.2, 0) is 9.59 Å². The number of nitrogens with zero attached hydrogens (tertiary/aromatic N) is 1. The van der Waals surface area contributed by atoms with Crippen molar-refractivity contribution in [1.82, 2.24) is 10.6 Å². The lowest BCUT2D eigenvalue weighted by atomic mass is 10.1. The van der Waals surface area contributed by atoms with Gasteiger partial charge in [0.2, 0.25) is 5.91 Å². The fraction of sp³-hybridized carbons (Fsp3) is 0.316. The summed E-state index contributed by atoms with van der Waals surface area (Å²) in [5.41, 5.74) is 0.564. The second-order valence-electron chi connectivity index (χ2n) is 6.03. The van der Waals surface area contributed by atoms with Crippen molar-refractivity contribution in [3.05, 3.63) is 48.4 Å². The summed E-state index contributed by atoms with van der Waals surface area (Å²) >= 11 is 0. The first kappa shape index (κ1) is 18.5. The molecule has 0 spiro atoms. The molecule has 8 nitrogen and oxygen atoms in total. The van der Waals surface area contributed by atoms with Crippen LogP contribution in [0, 0.1) is 0 Å². The Hall–Kier alpha value is -3.29. The topological polar surface area (TPSA) is 101 Å². The lowest BCUT2D eigenvalue weighted by Gasteiger charge is -2.34. The van der Waals surface area contributed by atoms with Crippen LogP contribution in [0.3, 0.4) is 0 Å². The summed E-state index contributed by atoms with van der Waals surface area (Å²) in [6.07, 6.45) is 1.38. The predicted molar refractivity (Wildman–Crippen MR) is 97.6 cm³/mol. The molecular weight excluding hydrogens is 350 g/mol. The minimum atomic E-state index is -0.809. The molecule has 0 saturated carbocycles. The van der Waals surface area contributed by atoms with Gasteiger partial charge in [0.1, 0.15) is 5.75 Å². The van der Waals surface area contributed by atoms with Gasteiger partial charge in [0.25, 0.3) is 11.8 Å². The van der Waals surface area contributed by atoms with Gasteiger partial charge in [0.05, 0.1) is 25.0 Å². The highest BCUT2D eigenvalue weighted by atomic mass is 16.5. The Bertz CT molecular complexity index is 819. The summed E-state index contributed by atoms with van der Waals surface area (Å²) in [5.74, 6) is -0.525. The molecule has 1 aliphatic heterocycles. The molecule has 0 bridgehead atoms. The molecule has 2 aromatic rings. The number of hydrogen-bond donors (Lipinski definition) is 2. The second kappa shape index (κ2) is 8.39. The number of ether oxygens (including phenoxy) is 1. The average molecular weight is 371 g/mol. The van der Waals surface area contributed by atoms with Gasteiger partial charge >= 0.3 is 0 Å². The van der Waals surface area contributed by atoms with Crippen LogP contribution >= 0.6 is 0 Å². The summed E-state index contributed by atoms with van der Waals surface area (Å²) in [5, 5.41) is 5.30. The van der Waals surface area contributed by atoms with E-state index in [1.165, 1.54) is 17.2 Å². The van der Waals surface area contributed by atoms with E-state index in [0.717, 1.165) is 6.42 Å². The molecular formula is C19H21N3O5. The highest BCUT2D eigenvalue weighted by molar-refractivity contribution is 6.01. The van der Waals surface area contributed by atoms with Crippen molar-refractivity contribution >= 4 is 23.4 Å². The van der Waals surface area contributed by atoms with E-state index in [1.807, 2.05) is 6.92 Å². The molecule has 3 amide bonds. The van der Waals surface area contributed by atoms with Crippen LogP contribution in [-0.4, -0.2) is 43.5 Å². The molecule has 0 unspecified atom stereocenters. The first-order valence-electron chi connectivity index (χ1n) is 8.75. The molecule has 3 rings (SSSR count). The molecule has 2 heterocycles. The quantitative estimate of drug-likeness (QED) is 0.798. The number of fused-ring (bicyclic) bond motifs is 1. The zero-order chi connectivity index (χ0) is 19.2. The Balaban J connectivity index is 1.71. The number of furan rings is 1. The number of hydrogen-bond acceptors (Lipinski definition) is 5. The molecule has 142 valence electrons. The third-order valence-corrected chi connectivity index (χ3v) is 4.06. The van der Waals surface area contributed by atoms with Gasteiger partial charge in [-0.05, 0) is 30.7 Å². The number of carbonyl (C=O) groups is 3. The zero-order valence-corrected chi connectivity index (χ0v) is 14.9. The lowest BCUT2D eigenvalue weighted by Crippen LogP contribution is -2.52. The average Bonchev–Trinajstić information content (AvgIpc) is 3.24. The van der Waals surface area contributed by atoms with Crippen molar-refractivity contribution in [2.75, 3.05) is 24.5 Å². The third-order valence-electron chi connectivity index (χ3n) is 4.06. The maximum absolute atomic E-state index is 12.7. The fourth-order valence-corrected chi connectivity index (χ4v) is 2.72. The monoisotopic (exact) mass is 371 g/mol. The normalized spacial score (nSPS) is 15.4. The first-order chi connectivity index (χ1) is 13.1. The van der Waals surface area contributed by atoms with E-state index in [2.05, 4.69) is 10.6 Å². The Kier molecular flexibility index (Phi) is 5.75. The van der Waals surface area contributed by atoms with Crippen LogP contribution < -0.4 is 20.3 Å². The van der Waals surface area contributed by atoms with Gasteiger partial charge in [-0.15, -0.1) is 0 Å². The van der Waals surface area contributed by atoms with Crippen molar-refractivity contribution in [2.24, 2.45) is 0 Å². The molecule has 0 fully saturated rings. The lowest BCUT2D eigenvalue weighted by molar-refractivity contribution is -0.128. The van der Waals surface area contributed by atoms with E-state index in [0.29, 0.717) is 18.0 Å². The summed E-state index contributed by atoms with van der Waals surface area (Å²) in [7, 11) is 0. The predicted octanol–water partition coefficient (Wildman–Crippen LogP) is 1.33. The van der Waals surface area contributed by atoms with E-state index in [1.54, 1.807) is 30.3 Å². The molecule has 1 aliphatic rings. The van der Waals surface area contributed by atoms with Crippen molar-refractivity contribution in [2.45, 2.75) is 19.4 Å². The summed E-state index contributed by atoms with van der Waals surface area (Å²) in [4.78, 5) is 38.4. The standard InChI is InChI=1S/C19H21N3O5/c1-2-9-20-19(25)16-12-22(13-6-3-4-7-14(13)27-16)17(23)11-21-18(24)15-8-5-10-26-15/h3-8,10,16H,2,9,11-12H2,1H3,(H,20,25)(H,21,24)/t16-/m1/s1. The second-order valence-corrected chi connectivity index (χ2v) is 6.03. The number of amides is 3. The number of para-hydroxylation sites is 2. The van der Waals surface area contributed by atoms with Gasteiger partial charge in [-0.2, -0.15) is 0 Å². The van der Waals surface area contributed by atoms with Gasteiger partial charge in [-0.3, -0.25) is 14.4 Å². The number of nitrogens with one attached hydrogen (secondary N) is 2. The van der Waals surface area contributed by atoms with Gasteiger partial charge in [0.15, 0.2) is 11.9 Å². The minimum Gasteiger partial charge on any atom is -0.477 e. The van der Waals surface area contributed by atoms with Crippen LogP contribution in [0.4, 0.5) is 5.69 Å². The number of benzene rings is 1. The largest absolute Gasteiger partial charge is 0.477 e.